The quantitative estimate of drug-likeness (QED) is 0.515. The predicted molar refractivity (Wildman–Crippen MR) is 24.7 cm³/mol. The van der Waals surface area contributed by atoms with Crippen LogP contribution in [0.3, 0.4) is 0 Å². The Bertz CT molecular complexity index is 337. The van der Waals surface area contributed by atoms with Gasteiger partial charge in [0.05, 0.1) is 0 Å². The second-order valence-corrected chi connectivity index (χ2v) is 1.39. The zero-order valence-corrected chi connectivity index (χ0v) is 4.12. The van der Waals surface area contributed by atoms with E-state index in [0.717, 1.165) is 0 Å². The molecule has 0 atom stereocenters. The van der Waals surface area contributed by atoms with E-state index < -0.39 is 5.82 Å². The topological polar surface area (TPSA) is 84.9 Å². The summed E-state index contributed by atoms with van der Waals surface area (Å²) in [5, 5.41) is 9.10. The lowest BCUT2D eigenvalue weighted by molar-refractivity contribution is 0.398. The molecule has 0 radical (unpaired) electrons. The van der Waals surface area contributed by atoms with Crippen LogP contribution in [0.4, 0.5) is 0 Å². The van der Waals surface area contributed by atoms with Gasteiger partial charge in [0.15, 0.2) is 0 Å². The second-order valence-electron chi connectivity index (χ2n) is 1.39. The molecular formula is C3HN3O3. The first-order valence-electron chi connectivity index (χ1n) is 2.17. The summed E-state index contributed by atoms with van der Waals surface area (Å²) in [7, 11) is 0. The van der Waals surface area contributed by atoms with Crippen molar-refractivity contribution in [1.29, 1.82) is 0 Å². The van der Waals surface area contributed by atoms with Gasteiger partial charge in [0.2, 0.25) is 0 Å². The number of hydrogen-bond donors (Lipinski definition) is 1. The number of hydrogen-bond acceptors (Lipinski definition) is 5. The third-order valence-corrected chi connectivity index (χ3v) is 0.846. The lowest BCUT2D eigenvalue weighted by Gasteiger charge is -1.59. The monoisotopic (exact) mass is 127 g/mol. The maximum absolute atomic E-state index is 10.2. The van der Waals surface area contributed by atoms with E-state index in [1.165, 1.54) is 0 Å². The Balaban J connectivity index is 3.08. The van der Waals surface area contributed by atoms with Crippen molar-refractivity contribution in [2.24, 2.45) is 0 Å². The van der Waals surface area contributed by atoms with E-state index in [0.29, 0.717) is 0 Å². The molecule has 0 aliphatic rings. The van der Waals surface area contributed by atoms with Crippen molar-refractivity contribution < 1.29 is 8.83 Å². The molecule has 0 saturated carbocycles. The van der Waals surface area contributed by atoms with Gasteiger partial charge in [-0.2, -0.15) is 5.21 Å². The first-order valence-corrected chi connectivity index (χ1v) is 2.17. The molecule has 2 aromatic heterocycles. The Hall–Kier alpha value is -1.59. The normalized spacial score (nSPS) is 10.7. The summed E-state index contributed by atoms with van der Waals surface area (Å²) in [4.78, 5) is 10.2. The molecule has 0 unspecified atom stereocenters. The van der Waals surface area contributed by atoms with Crippen LogP contribution < -0.4 is 5.82 Å². The van der Waals surface area contributed by atoms with Crippen LogP contribution >= 0.6 is 0 Å². The summed E-state index contributed by atoms with van der Waals surface area (Å²) in [5.74, 6) is -0.783. The number of rotatable bonds is 0. The van der Waals surface area contributed by atoms with Crippen molar-refractivity contribution >= 4 is 11.4 Å². The van der Waals surface area contributed by atoms with Crippen molar-refractivity contribution in [2.45, 2.75) is 0 Å². The van der Waals surface area contributed by atoms with Crippen molar-refractivity contribution in [1.82, 2.24) is 15.4 Å². The number of nitrogens with zero attached hydrogens (tertiary/aromatic N) is 2. The van der Waals surface area contributed by atoms with Crippen molar-refractivity contribution in [2.75, 3.05) is 0 Å². The predicted octanol–water partition coefficient (Wildman–Crippen LogP) is -0.496. The smallest absolute Gasteiger partial charge is 0.368 e. The molecule has 0 aliphatic carbocycles. The van der Waals surface area contributed by atoms with E-state index in [1.54, 1.807) is 0 Å². The van der Waals surface area contributed by atoms with Gasteiger partial charge in [-0.25, -0.2) is 4.79 Å². The third-order valence-electron chi connectivity index (χ3n) is 0.846. The Morgan fingerprint density at radius 2 is 1.78 bits per heavy atom. The minimum atomic E-state index is -0.783. The minimum absolute atomic E-state index is 0.0972. The summed E-state index contributed by atoms with van der Waals surface area (Å²) >= 11 is 0. The highest BCUT2D eigenvalue weighted by atomic mass is 16.6. The highest BCUT2D eigenvalue weighted by Gasteiger charge is 2.04. The maximum Gasteiger partial charge on any atom is 0.522 e. The van der Waals surface area contributed by atoms with Crippen LogP contribution in [0.1, 0.15) is 0 Å². The van der Waals surface area contributed by atoms with Gasteiger partial charge >= 0.3 is 17.2 Å². The Kier molecular flexibility index (Phi) is 0.583. The highest BCUT2D eigenvalue weighted by Crippen LogP contribution is 2.00. The van der Waals surface area contributed by atoms with Crippen molar-refractivity contribution in [3.8, 4) is 0 Å². The fourth-order valence-electron chi connectivity index (χ4n) is 0.523. The van der Waals surface area contributed by atoms with Crippen LogP contribution in [0.5, 0.6) is 0 Å². The fourth-order valence-corrected chi connectivity index (χ4v) is 0.523. The van der Waals surface area contributed by atoms with Crippen LogP contribution in [0, 0.1) is 0 Å². The lowest BCUT2D eigenvalue weighted by atomic mass is 10.9. The molecular weight excluding hydrogens is 126 g/mol. The van der Waals surface area contributed by atoms with Crippen LogP contribution in [-0.2, 0) is 0 Å². The molecule has 0 fully saturated rings. The Morgan fingerprint density at radius 3 is 2.33 bits per heavy atom. The lowest BCUT2D eigenvalue weighted by Crippen LogP contribution is -1.86. The first-order chi connectivity index (χ1) is 4.36. The summed E-state index contributed by atoms with van der Waals surface area (Å²) in [6, 6.07) is 0. The van der Waals surface area contributed by atoms with E-state index >= 15 is 0 Å². The molecule has 0 aromatic carbocycles. The van der Waals surface area contributed by atoms with Gasteiger partial charge in [0.25, 0.3) is 0 Å². The molecule has 2 aromatic rings. The van der Waals surface area contributed by atoms with Crippen molar-refractivity contribution in [3.05, 3.63) is 10.6 Å². The van der Waals surface area contributed by atoms with E-state index in [1.807, 2.05) is 0 Å². The molecule has 0 amide bonds. The Labute approximate surface area is 47.5 Å². The zero-order valence-electron chi connectivity index (χ0n) is 4.12. The molecule has 9 heavy (non-hydrogen) atoms. The molecule has 6 nitrogen and oxygen atoms in total. The van der Waals surface area contributed by atoms with Gasteiger partial charge in [0.1, 0.15) is 0 Å². The SMILES string of the molecule is O=c1oc2n[nH]nc2o1. The molecule has 1 N–H and O–H groups in total. The van der Waals surface area contributed by atoms with E-state index in [2.05, 4.69) is 24.2 Å². The van der Waals surface area contributed by atoms with Gasteiger partial charge < -0.3 is 8.83 Å². The van der Waals surface area contributed by atoms with Crippen molar-refractivity contribution in [3.63, 3.8) is 0 Å². The first kappa shape index (κ1) is 4.30. The highest BCUT2D eigenvalue weighted by molar-refractivity contribution is 5.56. The van der Waals surface area contributed by atoms with E-state index in [9.17, 15) is 4.79 Å². The summed E-state index contributed by atoms with van der Waals surface area (Å²) in [6.07, 6.45) is 0. The van der Waals surface area contributed by atoms with Gasteiger partial charge in [-0.15, -0.1) is 10.2 Å². The van der Waals surface area contributed by atoms with E-state index in [-0.39, 0.29) is 11.4 Å². The van der Waals surface area contributed by atoms with Crippen LogP contribution in [-0.4, -0.2) is 15.4 Å². The van der Waals surface area contributed by atoms with Crippen LogP contribution in [0.25, 0.3) is 11.4 Å². The molecule has 0 spiro atoms. The molecule has 0 bridgehead atoms. The van der Waals surface area contributed by atoms with Gasteiger partial charge in [-0.3, -0.25) is 0 Å². The number of nitrogens with one attached hydrogen (secondary N) is 1. The summed E-state index contributed by atoms with van der Waals surface area (Å²) < 4.78 is 8.76. The standard InChI is InChI=1S/C3HN3O3/c7-3-8-1-2(9-3)5-6-4-1/h(H,4,5,6). The fraction of sp³-hybridized carbons (Fsp3) is 0. The van der Waals surface area contributed by atoms with Gasteiger partial charge in [0, 0.05) is 0 Å². The number of aromatic amines is 1. The number of H-pyrrole nitrogens is 1. The number of aromatic nitrogens is 3. The van der Waals surface area contributed by atoms with E-state index in [4.69, 9.17) is 0 Å². The molecule has 46 valence electrons. The number of fused-ring (bicyclic) bond motifs is 1. The third kappa shape index (κ3) is 0.463. The molecule has 2 rings (SSSR count). The second kappa shape index (κ2) is 1.22. The summed E-state index contributed by atoms with van der Waals surface area (Å²) in [5.41, 5.74) is 0.194. The molecule has 6 heteroatoms. The van der Waals surface area contributed by atoms with Gasteiger partial charge in [-0.05, 0) is 0 Å². The molecule has 0 aliphatic heterocycles. The van der Waals surface area contributed by atoms with Crippen LogP contribution in [0.15, 0.2) is 13.6 Å². The zero-order chi connectivity index (χ0) is 6.27. The maximum atomic E-state index is 10.2. The van der Waals surface area contributed by atoms with Gasteiger partial charge in [-0.1, -0.05) is 0 Å². The minimum Gasteiger partial charge on any atom is -0.368 e. The molecule has 0 saturated heterocycles. The average molecular weight is 127 g/mol. The largest absolute Gasteiger partial charge is 0.522 e. The summed E-state index contributed by atoms with van der Waals surface area (Å²) in [6.45, 7) is 0. The van der Waals surface area contributed by atoms with Crippen LogP contribution in [0.2, 0.25) is 0 Å². The Morgan fingerprint density at radius 1 is 1.22 bits per heavy atom. The average Bonchev–Trinajstić information content (AvgIpc) is 2.22. The molecule has 2 heterocycles.